The van der Waals surface area contributed by atoms with Crippen molar-refractivity contribution in [2.24, 2.45) is 5.92 Å². The zero-order valence-electron chi connectivity index (χ0n) is 11.8. The molecule has 0 radical (unpaired) electrons. The average Bonchev–Trinajstić information content (AvgIpc) is 2.96. The number of benzene rings is 1. The number of hydrogen-bond donors (Lipinski definition) is 1. The number of carbonyl (C=O) groups is 1. The molecule has 0 aliphatic carbocycles. The fourth-order valence-electron chi connectivity index (χ4n) is 2.52. The van der Waals surface area contributed by atoms with Gasteiger partial charge in [-0.05, 0) is 31.0 Å². The van der Waals surface area contributed by atoms with Gasteiger partial charge in [-0.3, -0.25) is 4.79 Å². The van der Waals surface area contributed by atoms with Gasteiger partial charge in [-0.2, -0.15) is 4.31 Å². The van der Waals surface area contributed by atoms with Gasteiger partial charge in [0.2, 0.25) is 15.9 Å². The second kappa shape index (κ2) is 5.62. The summed E-state index contributed by atoms with van der Waals surface area (Å²) in [5.41, 5.74) is 0.606. The summed E-state index contributed by atoms with van der Waals surface area (Å²) in [6.45, 7) is 3.03. The lowest BCUT2D eigenvalue weighted by Gasteiger charge is -2.17. The molecular weight excluding hydrogens is 308 g/mol. The second-order valence-electron chi connectivity index (χ2n) is 5.47. The van der Waals surface area contributed by atoms with Crippen molar-refractivity contribution in [2.75, 3.05) is 24.2 Å². The molecular formula is C14H18N2O3S2. The van der Waals surface area contributed by atoms with Gasteiger partial charge in [0.25, 0.3) is 0 Å². The lowest BCUT2D eigenvalue weighted by atomic mass is 10.2. The highest BCUT2D eigenvalue weighted by molar-refractivity contribution is 7.99. The largest absolute Gasteiger partial charge is 0.325 e. The maximum absolute atomic E-state index is 12.6. The molecule has 2 aliphatic rings. The van der Waals surface area contributed by atoms with E-state index in [9.17, 15) is 13.2 Å². The van der Waals surface area contributed by atoms with Gasteiger partial charge in [-0.15, -0.1) is 11.8 Å². The van der Waals surface area contributed by atoms with Crippen molar-refractivity contribution in [2.45, 2.75) is 29.6 Å². The van der Waals surface area contributed by atoms with Crippen LogP contribution in [0.25, 0.3) is 0 Å². The van der Waals surface area contributed by atoms with Crippen molar-refractivity contribution in [3.05, 3.63) is 18.2 Å². The third-order valence-electron chi connectivity index (χ3n) is 3.85. The first-order valence-corrected chi connectivity index (χ1v) is 9.49. The first-order chi connectivity index (χ1) is 9.98. The van der Waals surface area contributed by atoms with Crippen molar-refractivity contribution in [3.63, 3.8) is 0 Å². The molecule has 0 bridgehead atoms. The summed E-state index contributed by atoms with van der Waals surface area (Å²) in [5, 5.41) is 2.83. The summed E-state index contributed by atoms with van der Waals surface area (Å²) in [5.74, 6) is 0.565. The molecule has 0 spiro atoms. The molecule has 1 fully saturated rings. The van der Waals surface area contributed by atoms with Crippen molar-refractivity contribution in [3.8, 4) is 0 Å². The molecule has 1 N–H and O–H groups in total. The van der Waals surface area contributed by atoms with Gasteiger partial charge in [0, 0.05) is 29.7 Å². The van der Waals surface area contributed by atoms with E-state index >= 15 is 0 Å². The summed E-state index contributed by atoms with van der Waals surface area (Å²) in [6, 6.07) is 5.02. The van der Waals surface area contributed by atoms with Gasteiger partial charge in [0.15, 0.2) is 0 Å². The van der Waals surface area contributed by atoms with E-state index in [1.165, 1.54) is 4.31 Å². The van der Waals surface area contributed by atoms with Crippen molar-refractivity contribution in [1.82, 2.24) is 4.31 Å². The number of carbonyl (C=O) groups excluding carboxylic acids is 1. The Morgan fingerprint density at radius 3 is 2.71 bits per heavy atom. The Kier molecular flexibility index (Phi) is 3.98. The van der Waals surface area contributed by atoms with Crippen LogP contribution >= 0.6 is 11.8 Å². The molecule has 0 saturated carbocycles. The third kappa shape index (κ3) is 2.82. The Morgan fingerprint density at radius 1 is 1.29 bits per heavy atom. The highest BCUT2D eigenvalue weighted by Crippen LogP contribution is 2.35. The minimum absolute atomic E-state index is 0.0584. The topological polar surface area (TPSA) is 66.5 Å². The number of thioether (sulfide) groups is 1. The number of nitrogens with one attached hydrogen (secondary N) is 1. The average molecular weight is 326 g/mol. The number of anilines is 1. The summed E-state index contributed by atoms with van der Waals surface area (Å²) >= 11 is 1.58. The highest BCUT2D eigenvalue weighted by Gasteiger charge is 2.28. The zero-order valence-corrected chi connectivity index (χ0v) is 13.5. The van der Waals surface area contributed by atoms with Crippen molar-refractivity contribution >= 4 is 33.4 Å². The van der Waals surface area contributed by atoms with Crippen LogP contribution in [0, 0.1) is 5.92 Å². The molecule has 5 nitrogen and oxygen atoms in total. The van der Waals surface area contributed by atoms with Gasteiger partial charge in [-0.25, -0.2) is 8.42 Å². The number of amides is 1. The summed E-state index contributed by atoms with van der Waals surface area (Å²) in [6.07, 6.45) is 1.82. The molecule has 21 heavy (non-hydrogen) atoms. The summed E-state index contributed by atoms with van der Waals surface area (Å²) < 4.78 is 26.6. The molecule has 2 heterocycles. The van der Waals surface area contributed by atoms with Gasteiger partial charge < -0.3 is 5.32 Å². The van der Waals surface area contributed by atoms with Crippen molar-refractivity contribution in [1.29, 1.82) is 0 Å². The first-order valence-electron chi connectivity index (χ1n) is 7.06. The van der Waals surface area contributed by atoms with Crippen LogP contribution in [0.5, 0.6) is 0 Å². The van der Waals surface area contributed by atoms with Gasteiger partial charge in [0.05, 0.1) is 10.6 Å². The summed E-state index contributed by atoms with van der Waals surface area (Å²) in [7, 11) is -3.44. The van der Waals surface area contributed by atoms with Crippen LogP contribution in [0.1, 0.15) is 19.8 Å². The van der Waals surface area contributed by atoms with Crippen LogP contribution in [-0.2, 0) is 14.8 Å². The van der Waals surface area contributed by atoms with Crippen LogP contribution in [-0.4, -0.2) is 37.5 Å². The van der Waals surface area contributed by atoms with E-state index in [-0.39, 0.29) is 16.7 Å². The van der Waals surface area contributed by atoms with Crippen LogP contribution in [0.4, 0.5) is 5.69 Å². The lowest BCUT2D eigenvalue weighted by molar-refractivity contribution is -0.118. The molecule has 7 heteroatoms. The number of rotatable bonds is 2. The van der Waals surface area contributed by atoms with E-state index in [4.69, 9.17) is 0 Å². The van der Waals surface area contributed by atoms with E-state index in [0.29, 0.717) is 24.5 Å². The van der Waals surface area contributed by atoms with E-state index in [2.05, 4.69) is 5.32 Å². The van der Waals surface area contributed by atoms with E-state index in [1.54, 1.807) is 30.0 Å². The van der Waals surface area contributed by atoms with E-state index in [1.807, 2.05) is 6.92 Å². The van der Waals surface area contributed by atoms with Crippen LogP contribution in [0.3, 0.4) is 0 Å². The maximum Gasteiger partial charge on any atom is 0.243 e. The Morgan fingerprint density at radius 2 is 2.00 bits per heavy atom. The molecule has 1 aromatic rings. The highest BCUT2D eigenvalue weighted by atomic mass is 32.2. The fourth-order valence-corrected chi connectivity index (χ4v) is 5.07. The van der Waals surface area contributed by atoms with Crippen LogP contribution in [0.2, 0.25) is 0 Å². The number of sulfonamides is 1. The van der Waals surface area contributed by atoms with Gasteiger partial charge >= 0.3 is 0 Å². The third-order valence-corrected chi connectivity index (χ3v) is 7.08. The second-order valence-corrected chi connectivity index (χ2v) is 8.47. The number of hydrogen-bond acceptors (Lipinski definition) is 4. The van der Waals surface area contributed by atoms with Gasteiger partial charge in [0.1, 0.15) is 0 Å². The first kappa shape index (κ1) is 14.9. The molecule has 0 unspecified atom stereocenters. The molecule has 114 valence electrons. The van der Waals surface area contributed by atoms with Crippen LogP contribution < -0.4 is 5.32 Å². The zero-order chi connectivity index (χ0) is 15.0. The Hall–Kier alpha value is -1.05. The fraction of sp³-hybridized carbons (Fsp3) is 0.500. The molecule has 1 saturated heterocycles. The lowest BCUT2D eigenvalue weighted by Crippen LogP contribution is -2.28. The molecule has 1 atom stereocenters. The molecule has 0 aromatic heterocycles. The predicted molar refractivity (Wildman–Crippen MR) is 83.0 cm³/mol. The summed E-state index contributed by atoms with van der Waals surface area (Å²) in [4.78, 5) is 13.1. The molecule has 3 rings (SSSR count). The number of fused-ring (bicyclic) bond motifs is 1. The van der Waals surface area contributed by atoms with Crippen LogP contribution in [0.15, 0.2) is 28.0 Å². The minimum atomic E-state index is -3.44. The molecule has 2 aliphatic heterocycles. The standard InChI is InChI=1S/C14H18N2O3S2/c1-10-9-20-13-5-4-11(8-12(13)15-14(10)17)21(18,19)16-6-2-3-7-16/h4-5,8,10H,2-3,6-7,9H2,1H3,(H,15,17)/t10-/m1/s1. The van der Waals surface area contributed by atoms with E-state index in [0.717, 1.165) is 17.7 Å². The minimum Gasteiger partial charge on any atom is -0.325 e. The Labute approximate surface area is 129 Å². The maximum atomic E-state index is 12.6. The SMILES string of the molecule is C[C@@H]1CSc2ccc(S(=O)(=O)N3CCCC3)cc2NC1=O. The molecule has 1 aromatic carbocycles. The monoisotopic (exact) mass is 326 g/mol. The quantitative estimate of drug-likeness (QED) is 0.904. The van der Waals surface area contributed by atoms with E-state index < -0.39 is 10.0 Å². The Bertz CT molecular complexity index is 667. The van der Waals surface area contributed by atoms with Crippen molar-refractivity contribution < 1.29 is 13.2 Å². The normalized spacial score (nSPS) is 23.5. The van der Waals surface area contributed by atoms with Gasteiger partial charge in [-0.1, -0.05) is 6.92 Å². The Balaban J connectivity index is 1.96. The predicted octanol–water partition coefficient (Wildman–Crippen LogP) is 2.15. The molecule has 1 amide bonds. The smallest absolute Gasteiger partial charge is 0.243 e. The number of nitrogens with zero attached hydrogens (tertiary/aromatic N) is 1.